The number of allylic oxidation sites excluding steroid dienone is 1. The van der Waals surface area contributed by atoms with Gasteiger partial charge in [0, 0.05) is 8.95 Å². The van der Waals surface area contributed by atoms with Gasteiger partial charge < -0.3 is 0 Å². The molecule has 2 rings (SSSR count). The zero-order valence-electron chi connectivity index (χ0n) is 10.1. The lowest BCUT2D eigenvalue weighted by Crippen LogP contribution is -1.88. The van der Waals surface area contributed by atoms with E-state index in [2.05, 4.69) is 81.3 Å². The van der Waals surface area contributed by atoms with E-state index in [1.807, 2.05) is 18.2 Å². The first-order valence-electron chi connectivity index (χ1n) is 5.84. The highest BCUT2D eigenvalue weighted by atomic mass is 79.9. The molecule has 0 aromatic heterocycles. The molecule has 0 aliphatic heterocycles. The van der Waals surface area contributed by atoms with Gasteiger partial charge in [0.2, 0.25) is 0 Å². The minimum Gasteiger partial charge on any atom is -0.0767 e. The van der Waals surface area contributed by atoms with Gasteiger partial charge in [-0.15, -0.1) is 0 Å². The molecule has 1 atom stereocenters. The minimum atomic E-state index is 0.404. The topological polar surface area (TPSA) is 0 Å². The minimum absolute atomic E-state index is 0.404. The summed E-state index contributed by atoms with van der Waals surface area (Å²) in [6.07, 6.45) is 4.39. The summed E-state index contributed by atoms with van der Waals surface area (Å²) in [6, 6.07) is 16.7. The molecule has 0 radical (unpaired) electrons. The first-order chi connectivity index (χ1) is 8.65. The summed E-state index contributed by atoms with van der Waals surface area (Å²) >= 11 is 6.99. The number of rotatable bonds is 3. The van der Waals surface area contributed by atoms with E-state index in [-0.39, 0.29) is 0 Å². The molecule has 0 fully saturated rings. The third-order valence-corrected chi connectivity index (χ3v) is 3.79. The zero-order chi connectivity index (χ0) is 13.0. The first-order valence-corrected chi connectivity index (χ1v) is 7.43. The van der Waals surface area contributed by atoms with Crippen molar-refractivity contribution >= 4 is 37.9 Å². The fourth-order valence-corrected chi connectivity index (χ4v) is 2.60. The molecule has 18 heavy (non-hydrogen) atoms. The zero-order valence-corrected chi connectivity index (χ0v) is 13.3. The Morgan fingerprint density at radius 3 is 2.28 bits per heavy atom. The van der Waals surface area contributed by atoms with E-state index < -0.39 is 0 Å². The fourth-order valence-electron chi connectivity index (χ4n) is 1.77. The Kier molecular flexibility index (Phi) is 4.79. The van der Waals surface area contributed by atoms with Crippen molar-refractivity contribution in [3.05, 3.63) is 74.7 Å². The summed E-state index contributed by atoms with van der Waals surface area (Å²) in [5, 5.41) is 0. The predicted molar refractivity (Wildman–Crippen MR) is 85.7 cm³/mol. The van der Waals surface area contributed by atoms with Crippen LogP contribution in [0, 0.1) is 0 Å². The molecule has 0 nitrogen and oxygen atoms in total. The van der Waals surface area contributed by atoms with Crippen LogP contribution in [-0.4, -0.2) is 0 Å². The monoisotopic (exact) mass is 364 g/mol. The molecule has 2 heteroatoms. The molecule has 2 aromatic rings. The van der Waals surface area contributed by atoms with E-state index in [1.54, 1.807) is 0 Å². The fraction of sp³-hybridized carbons (Fsp3) is 0.125. The Balaban J connectivity index is 2.14. The van der Waals surface area contributed by atoms with E-state index in [0.29, 0.717) is 5.92 Å². The average molecular weight is 366 g/mol. The van der Waals surface area contributed by atoms with Gasteiger partial charge in [0.05, 0.1) is 0 Å². The Hall–Kier alpha value is -0.860. The van der Waals surface area contributed by atoms with Gasteiger partial charge in [0.25, 0.3) is 0 Å². The highest BCUT2D eigenvalue weighted by molar-refractivity contribution is 9.10. The summed E-state index contributed by atoms with van der Waals surface area (Å²) in [4.78, 5) is 0. The van der Waals surface area contributed by atoms with Gasteiger partial charge in [-0.25, -0.2) is 0 Å². The largest absolute Gasteiger partial charge is 0.0767 e. The highest BCUT2D eigenvalue weighted by Crippen LogP contribution is 2.22. The van der Waals surface area contributed by atoms with E-state index in [9.17, 15) is 0 Å². The molecule has 0 N–H and O–H groups in total. The van der Waals surface area contributed by atoms with Crippen molar-refractivity contribution in [3.63, 3.8) is 0 Å². The summed E-state index contributed by atoms with van der Waals surface area (Å²) in [6.45, 7) is 2.20. The second-order valence-electron chi connectivity index (χ2n) is 4.26. The number of benzene rings is 2. The van der Waals surface area contributed by atoms with Gasteiger partial charge in [0.1, 0.15) is 0 Å². The molecule has 2 aromatic carbocycles. The van der Waals surface area contributed by atoms with E-state index >= 15 is 0 Å². The lowest BCUT2D eigenvalue weighted by atomic mass is 10.00. The van der Waals surface area contributed by atoms with Gasteiger partial charge in [-0.3, -0.25) is 0 Å². The van der Waals surface area contributed by atoms with Crippen molar-refractivity contribution in [1.29, 1.82) is 0 Å². The third kappa shape index (κ3) is 3.82. The molecule has 0 amide bonds. The van der Waals surface area contributed by atoms with Crippen molar-refractivity contribution in [1.82, 2.24) is 0 Å². The van der Waals surface area contributed by atoms with Crippen molar-refractivity contribution in [2.45, 2.75) is 12.8 Å². The van der Waals surface area contributed by atoms with Crippen LogP contribution in [0.15, 0.2) is 63.6 Å². The van der Waals surface area contributed by atoms with Gasteiger partial charge >= 0.3 is 0 Å². The maximum atomic E-state index is 3.51. The highest BCUT2D eigenvalue weighted by Gasteiger charge is 2.01. The van der Waals surface area contributed by atoms with Crippen molar-refractivity contribution in [2.24, 2.45) is 0 Å². The normalized spacial score (nSPS) is 12.8. The van der Waals surface area contributed by atoms with E-state index in [1.165, 1.54) is 11.1 Å². The molecular weight excluding hydrogens is 352 g/mol. The standard InChI is InChI=1S/C16H14Br2/c1-12(14-5-3-7-16(18)11-14)8-9-13-4-2-6-15(17)10-13/h2-12H,1H3/b9-8+. The van der Waals surface area contributed by atoms with E-state index in [0.717, 1.165) is 8.95 Å². The predicted octanol–water partition coefficient (Wildman–Crippen LogP) is 6.03. The molecule has 0 aliphatic rings. The van der Waals surface area contributed by atoms with Crippen LogP contribution in [0.2, 0.25) is 0 Å². The number of hydrogen-bond donors (Lipinski definition) is 0. The Morgan fingerprint density at radius 1 is 0.944 bits per heavy atom. The molecular formula is C16H14Br2. The Morgan fingerprint density at radius 2 is 1.61 bits per heavy atom. The summed E-state index contributed by atoms with van der Waals surface area (Å²) in [5.41, 5.74) is 2.53. The third-order valence-electron chi connectivity index (χ3n) is 2.80. The van der Waals surface area contributed by atoms with Crippen LogP contribution in [0.5, 0.6) is 0 Å². The quantitative estimate of drug-likeness (QED) is 0.623. The van der Waals surface area contributed by atoms with E-state index in [4.69, 9.17) is 0 Å². The van der Waals surface area contributed by atoms with Crippen LogP contribution in [-0.2, 0) is 0 Å². The smallest absolute Gasteiger partial charge is 0.0181 e. The second kappa shape index (κ2) is 6.35. The van der Waals surface area contributed by atoms with Gasteiger partial charge in [-0.05, 0) is 41.3 Å². The van der Waals surface area contributed by atoms with Crippen molar-refractivity contribution in [2.75, 3.05) is 0 Å². The molecule has 0 saturated carbocycles. The molecule has 0 aliphatic carbocycles. The first kappa shape index (κ1) is 13.6. The van der Waals surface area contributed by atoms with Crippen LogP contribution in [0.25, 0.3) is 6.08 Å². The van der Waals surface area contributed by atoms with Crippen LogP contribution < -0.4 is 0 Å². The van der Waals surface area contributed by atoms with Crippen LogP contribution in [0.4, 0.5) is 0 Å². The summed E-state index contributed by atoms with van der Waals surface area (Å²) in [5.74, 6) is 0.404. The molecule has 0 bridgehead atoms. The Labute approximate surface area is 125 Å². The maximum absolute atomic E-state index is 3.51. The molecule has 0 spiro atoms. The summed E-state index contributed by atoms with van der Waals surface area (Å²) < 4.78 is 2.24. The Bertz CT molecular complexity index is 559. The number of hydrogen-bond acceptors (Lipinski definition) is 0. The SMILES string of the molecule is CC(/C=C/c1cccc(Br)c1)c1cccc(Br)c1. The molecule has 0 saturated heterocycles. The second-order valence-corrected chi connectivity index (χ2v) is 6.09. The van der Waals surface area contributed by atoms with Crippen molar-refractivity contribution < 1.29 is 0 Å². The average Bonchev–Trinajstić information content (AvgIpc) is 2.36. The lowest BCUT2D eigenvalue weighted by Gasteiger charge is -2.07. The number of halogens is 2. The van der Waals surface area contributed by atoms with Crippen LogP contribution >= 0.6 is 31.9 Å². The van der Waals surface area contributed by atoms with Gasteiger partial charge in [0.15, 0.2) is 0 Å². The molecule has 92 valence electrons. The lowest BCUT2D eigenvalue weighted by molar-refractivity contribution is 0.971. The van der Waals surface area contributed by atoms with Crippen molar-refractivity contribution in [3.8, 4) is 0 Å². The molecule has 0 heterocycles. The maximum Gasteiger partial charge on any atom is 0.0181 e. The van der Waals surface area contributed by atoms with Crippen LogP contribution in [0.3, 0.4) is 0 Å². The van der Waals surface area contributed by atoms with Gasteiger partial charge in [-0.2, -0.15) is 0 Å². The summed E-state index contributed by atoms with van der Waals surface area (Å²) in [7, 11) is 0. The van der Waals surface area contributed by atoms with Gasteiger partial charge in [-0.1, -0.05) is 75.2 Å². The molecule has 1 unspecified atom stereocenters. The van der Waals surface area contributed by atoms with Crippen LogP contribution in [0.1, 0.15) is 24.0 Å².